The first-order valence-electron chi connectivity index (χ1n) is 7.61. The maximum atomic E-state index is 12.3. The first-order chi connectivity index (χ1) is 9.27. The van der Waals surface area contributed by atoms with E-state index in [-0.39, 0.29) is 41.7 Å². The molecule has 0 radical (unpaired) electrons. The molecule has 1 unspecified atom stereocenters. The van der Waals surface area contributed by atoms with Crippen LogP contribution >= 0.6 is 12.4 Å². The van der Waals surface area contributed by atoms with Crippen LogP contribution < -0.4 is 10.6 Å². The lowest BCUT2D eigenvalue weighted by atomic mass is 9.92. The maximum Gasteiger partial charge on any atom is 0.225 e. The Morgan fingerprint density at radius 2 is 2.05 bits per heavy atom. The van der Waals surface area contributed by atoms with Crippen LogP contribution in [0.4, 0.5) is 0 Å². The van der Waals surface area contributed by atoms with E-state index in [1.807, 2.05) is 25.7 Å². The quantitative estimate of drug-likeness (QED) is 0.807. The van der Waals surface area contributed by atoms with Crippen molar-refractivity contribution in [3.05, 3.63) is 0 Å². The molecule has 2 saturated heterocycles. The molecular formula is C15H28ClN3O2. The summed E-state index contributed by atoms with van der Waals surface area (Å²) < 4.78 is 0. The zero-order valence-corrected chi connectivity index (χ0v) is 14.3. The molecule has 5 nitrogen and oxygen atoms in total. The van der Waals surface area contributed by atoms with E-state index in [0.29, 0.717) is 19.0 Å². The summed E-state index contributed by atoms with van der Waals surface area (Å²) in [5.41, 5.74) is -0.167. The van der Waals surface area contributed by atoms with Crippen molar-refractivity contribution >= 4 is 24.2 Å². The molecule has 21 heavy (non-hydrogen) atoms. The normalized spacial score (nSPS) is 30.0. The number of nitrogens with one attached hydrogen (secondary N) is 2. The van der Waals surface area contributed by atoms with E-state index in [4.69, 9.17) is 0 Å². The van der Waals surface area contributed by atoms with Crippen LogP contribution in [-0.4, -0.2) is 47.4 Å². The van der Waals surface area contributed by atoms with Gasteiger partial charge in [-0.2, -0.15) is 0 Å². The molecule has 0 aromatic rings. The number of rotatable bonds is 2. The Balaban J connectivity index is 0.00000220. The molecule has 2 fully saturated rings. The second kappa shape index (κ2) is 6.97. The molecule has 0 aromatic carbocycles. The largest absolute Gasteiger partial charge is 0.351 e. The fraction of sp³-hybridized carbons (Fsp3) is 0.867. The number of hydrogen-bond donors (Lipinski definition) is 2. The monoisotopic (exact) mass is 317 g/mol. The van der Waals surface area contributed by atoms with Gasteiger partial charge in [0, 0.05) is 30.5 Å². The van der Waals surface area contributed by atoms with Gasteiger partial charge in [-0.15, -0.1) is 12.4 Å². The zero-order chi connectivity index (χ0) is 14.9. The number of likely N-dealkylation sites (tertiary alicyclic amines) is 1. The Labute approximate surface area is 133 Å². The summed E-state index contributed by atoms with van der Waals surface area (Å²) in [6, 6.07) is 0.371. The third kappa shape index (κ3) is 4.58. The fourth-order valence-corrected chi connectivity index (χ4v) is 3.14. The van der Waals surface area contributed by atoms with Crippen molar-refractivity contribution in [3.63, 3.8) is 0 Å². The SMILES string of the molecule is C[C@H]1C[C@@H](C(=O)NC2CC(=O)N(C(C)(C)C)C2)CCN1.Cl. The van der Waals surface area contributed by atoms with Gasteiger partial charge in [-0.05, 0) is 47.1 Å². The molecule has 2 aliphatic rings. The van der Waals surface area contributed by atoms with Crippen LogP contribution in [0.3, 0.4) is 0 Å². The van der Waals surface area contributed by atoms with E-state index in [1.54, 1.807) is 0 Å². The number of piperidine rings is 1. The summed E-state index contributed by atoms with van der Waals surface area (Å²) in [5, 5.41) is 6.42. The van der Waals surface area contributed by atoms with Gasteiger partial charge in [0.25, 0.3) is 0 Å². The summed E-state index contributed by atoms with van der Waals surface area (Å²) in [4.78, 5) is 26.2. The summed E-state index contributed by atoms with van der Waals surface area (Å²) in [5.74, 6) is 0.346. The van der Waals surface area contributed by atoms with Crippen molar-refractivity contribution in [2.75, 3.05) is 13.1 Å². The minimum Gasteiger partial charge on any atom is -0.351 e. The number of halogens is 1. The van der Waals surface area contributed by atoms with Crippen LogP contribution in [0.2, 0.25) is 0 Å². The van der Waals surface area contributed by atoms with E-state index in [2.05, 4.69) is 17.6 Å². The average molecular weight is 318 g/mol. The van der Waals surface area contributed by atoms with E-state index in [0.717, 1.165) is 19.4 Å². The zero-order valence-electron chi connectivity index (χ0n) is 13.4. The van der Waals surface area contributed by atoms with Gasteiger partial charge in [-0.25, -0.2) is 0 Å². The van der Waals surface area contributed by atoms with Crippen LogP contribution in [0.25, 0.3) is 0 Å². The predicted molar refractivity (Wildman–Crippen MR) is 85.5 cm³/mol. The van der Waals surface area contributed by atoms with Crippen molar-refractivity contribution in [2.24, 2.45) is 5.92 Å². The van der Waals surface area contributed by atoms with Crippen molar-refractivity contribution < 1.29 is 9.59 Å². The minimum atomic E-state index is -0.167. The third-order valence-electron chi connectivity index (χ3n) is 4.28. The maximum absolute atomic E-state index is 12.3. The highest BCUT2D eigenvalue weighted by Gasteiger charge is 2.37. The van der Waals surface area contributed by atoms with Crippen molar-refractivity contribution in [3.8, 4) is 0 Å². The van der Waals surface area contributed by atoms with Gasteiger partial charge in [0.1, 0.15) is 0 Å². The van der Waals surface area contributed by atoms with Crippen LogP contribution in [0.5, 0.6) is 0 Å². The van der Waals surface area contributed by atoms with Gasteiger partial charge in [0.15, 0.2) is 0 Å². The lowest BCUT2D eigenvalue weighted by molar-refractivity contribution is -0.131. The summed E-state index contributed by atoms with van der Waals surface area (Å²) in [7, 11) is 0. The summed E-state index contributed by atoms with van der Waals surface area (Å²) in [6.45, 7) is 9.74. The molecule has 0 spiro atoms. The molecule has 6 heteroatoms. The first kappa shape index (κ1) is 18.2. The Kier molecular flexibility index (Phi) is 6.05. The Bertz CT molecular complexity index is 395. The molecule has 0 saturated carbocycles. The van der Waals surface area contributed by atoms with Gasteiger partial charge in [-0.3, -0.25) is 9.59 Å². The predicted octanol–water partition coefficient (Wildman–Crippen LogP) is 1.31. The number of amides is 2. The van der Waals surface area contributed by atoms with Gasteiger partial charge in [0.05, 0.1) is 6.04 Å². The molecule has 0 aliphatic carbocycles. The van der Waals surface area contributed by atoms with Crippen LogP contribution in [-0.2, 0) is 9.59 Å². The standard InChI is InChI=1S/C15H27N3O2.ClH/c1-10-7-11(5-6-16-10)14(20)17-12-8-13(19)18(9-12)15(2,3)4;/h10-12,16H,5-9H2,1-4H3,(H,17,20);1H/t10-,11-,12?;/m0./s1. The van der Waals surface area contributed by atoms with Gasteiger partial charge in [0.2, 0.25) is 11.8 Å². The highest BCUT2D eigenvalue weighted by molar-refractivity contribution is 5.85. The molecular weight excluding hydrogens is 290 g/mol. The molecule has 0 bridgehead atoms. The fourth-order valence-electron chi connectivity index (χ4n) is 3.14. The van der Waals surface area contributed by atoms with Crippen molar-refractivity contribution in [1.29, 1.82) is 0 Å². The van der Waals surface area contributed by atoms with E-state index in [1.165, 1.54) is 0 Å². The highest BCUT2D eigenvalue weighted by atomic mass is 35.5. The number of nitrogens with zero attached hydrogens (tertiary/aromatic N) is 1. The number of hydrogen-bond acceptors (Lipinski definition) is 3. The van der Waals surface area contributed by atoms with Crippen LogP contribution in [0, 0.1) is 5.92 Å². The summed E-state index contributed by atoms with van der Waals surface area (Å²) >= 11 is 0. The lowest BCUT2D eigenvalue weighted by Gasteiger charge is -2.32. The van der Waals surface area contributed by atoms with E-state index >= 15 is 0 Å². The third-order valence-corrected chi connectivity index (χ3v) is 4.28. The van der Waals surface area contributed by atoms with Gasteiger partial charge in [-0.1, -0.05) is 0 Å². The molecule has 2 aliphatic heterocycles. The highest BCUT2D eigenvalue weighted by Crippen LogP contribution is 2.23. The van der Waals surface area contributed by atoms with Crippen molar-refractivity contribution in [2.45, 2.75) is 64.6 Å². The minimum absolute atomic E-state index is 0. The molecule has 2 rings (SSSR count). The molecule has 2 amide bonds. The smallest absolute Gasteiger partial charge is 0.225 e. The lowest BCUT2D eigenvalue weighted by Crippen LogP contribution is -2.47. The second-order valence-electron chi connectivity index (χ2n) is 7.16. The average Bonchev–Trinajstić information content (AvgIpc) is 2.70. The first-order valence-corrected chi connectivity index (χ1v) is 7.61. The van der Waals surface area contributed by atoms with Gasteiger partial charge < -0.3 is 15.5 Å². The second-order valence-corrected chi connectivity index (χ2v) is 7.16. The molecule has 0 aromatic heterocycles. The Hall–Kier alpha value is -0.810. The molecule has 3 atom stereocenters. The summed E-state index contributed by atoms with van der Waals surface area (Å²) in [6.07, 6.45) is 2.21. The molecule has 122 valence electrons. The van der Waals surface area contributed by atoms with E-state index in [9.17, 15) is 9.59 Å². The molecule has 2 heterocycles. The van der Waals surface area contributed by atoms with Crippen LogP contribution in [0.15, 0.2) is 0 Å². The number of carbonyl (C=O) groups excluding carboxylic acids is 2. The van der Waals surface area contributed by atoms with Gasteiger partial charge >= 0.3 is 0 Å². The van der Waals surface area contributed by atoms with Crippen molar-refractivity contribution in [1.82, 2.24) is 15.5 Å². The molecule has 2 N–H and O–H groups in total. The van der Waals surface area contributed by atoms with E-state index < -0.39 is 0 Å². The topological polar surface area (TPSA) is 61.4 Å². The Morgan fingerprint density at radius 1 is 1.38 bits per heavy atom. The van der Waals surface area contributed by atoms with Crippen LogP contribution in [0.1, 0.15) is 47.0 Å². The number of carbonyl (C=O) groups is 2. The Morgan fingerprint density at radius 3 is 2.57 bits per heavy atom.